The lowest BCUT2D eigenvalue weighted by Gasteiger charge is -2.43. The molecule has 0 nitrogen and oxygen atoms in total. The quantitative estimate of drug-likeness (QED) is 0.565. The van der Waals surface area contributed by atoms with Crippen molar-refractivity contribution in [2.24, 2.45) is 17.8 Å². The minimum Gasteiger partial charge on any atom is -0.0654 e. The number of fused-ring (bicyclic) bond motifs is 2. The molecule has 3 rings (SSSR count). The van der Waals surface area contributed by atoms with Crippen molar-refractivity contribution in [3.63, 3.8) is 0 Å². The van der Waals surface area contributed by atoms with Crippen LogP contribution in [-0.4, -0.2) is 7.28 Å². The van der Waals surface area contributed by atoms with E-state index in [0.29, 0.717) is 0 Å². The summed E-state index contributed by atoms with van der Waals surface area (Å²) in [6.45, 7) is 2.52. The molecule has 3 fully saturated rings. The van der Waals surface area contributed by atoms with Crippen molar-refractivity contribution >= 4 is 7.28 Å². The van der Waals surface area contributed by atoms with E-state index in [1.807, 2.05) is 0 Å². The first kappa shape index (κ1) is 10.2. The molecule has 2 heterocycles. The molecule has 0 aromatic carbocycles. The summed E-state index contributed by atoms with van der Waals surface area (Å²) < 4.78 is 0. The second kappa shape index (κ2) is 4.15. The summed E-state index contributed by atoms with van der Waals surface area (Å²) in [6.07, 6.45) is 12.5. The zero-order valence-corrected chi connectivity index (χ0v) is 10.3. The van der Waals surface area contributed by atoms with Crippen LogP contribution in [-0.2, 0) is 0 Å². The van der Waals surface area contributed by atoms with E-state index in [-0.39, 0.29) is 0 Å². The summed E-state index contributed by atoms with van der Waals surface area (Å²) in [4.78, 5) is 0. The maximum absolute atomic E-state index is 2.52. The third-order valence-corrected chi connectivity index (χ3v) is 5.81. The van der Waals surface area contributed by atoms with Gasteiger partial charge in [0, 0.05) is 0 Å². The van der Waals surface area contributed by atoms with Crippen LogP contribution in [0.1, 0.15) is 58.3 Å². The fourth-order valence-electron chi connectivity index (χ4n) is 5.02. The Balaban J connectivity index is 1.70. The molecule has 1 heteroatoms. The summed E-state index contributed by atoms with van der Waals surface area (Å²) in [5.74, 6) is 5.58. The van der Waals surface area contributed by atoms with Gasteiger partial charge < -0.3 is 0 Å². The van der Waals surface area contributed by atoms with Crippen LogP contribution in [0.5, 0.6) is 0 Å². The highest BCUT2D eigenvalue weighted by Crippen LogP contribution is 2.52. The Morgan fingerprint density at radius 3 is 2.47 bits per heavy atom. The first-order valence-corrected chi connectivity index (χ1v) is 7.34. The molecule has 0 spiro atoms. The summed E-state index contributed by atoms with van der Waals surface area (Å²) in [5, 5.41) is 0. The SMILES string of the molecule is CC1CCCC1C1CCC2BC1CCC2. The van der Waals surface area contributed by atoms with E-state index < -0.39 is 0 Å². The molecule has 5 atom stereocenters. The van der Waals surface area contributed by atoms with E-state index in [0.717, 1.165) is 29.4 Å². The van der Waals surface area contributed by atoms with Crippen LogP contribution in [0, 0.1) is 17.8 Å². The second-order valence-corrected chi connectivity index (χ2v) is 6.61. The van der Waals surface area contributed by atoms with Gasteiger partial charge >= 0.3 is 0 Å². The normalized spacial score (nSPS) is 50.1. The Bertz CT molecular complexity index is 225. The smallest absolute Gasteiger partial charge is 0.0654 e. The van der Waals surface area contributed by atoms with Crippen LogP contribution in [0.3, 0.4) is 0 Å². The minimum atomic E-state index is 1.05. The third kappa shape index (κ3) is 1.87. The molecule has 0 aromatic heterocycles. The molecule has 2 aliphatic heterocycles. The molecule has 1 aliphatic carbocycles. The summed E-state index contributed by atoms with van der Waals surface area (Å²) in [6, 6.07) is 0. The molecule has 15 heavy (non-hydrogen) atoms. The van der Waals surface area contributed by atoms with E-state index in [1.54, 1.807) is 45.8 Å². The lowest BCUT2D eigenvalue weighted by molar-refractivity contribution is 0.209. The molecule has 1 saturated carbocycles. The van der Waals surface area contributed by atoms with E-state index in [4.69, 9.17) is 0 Å². The summed E-state index contributed by atoms with van der Waals surface area (Å²) >= 11 is 0. The van der Waals surface area contributed by atoms with Crippen molar-refractivity contribution in [2.75, 3.05) is 0 Å². The standard InChI is InChI=1S/C14H25B/c1-10-4-2-6-12(10)13-9-8-11-5-3-7-14(13)15-11/h10-15H,2-9H2,1H3. The van der Waals surface area contributed by atoms with Gasteiger partial charge in [-0.2, -0.15) is 0 Å². The molecular formula is C14H25B. The second-order valence-electron chi connectivity index (χ2n) is 6.61. The first-order chi connectivity index (χ1) is 7.34. The fourth-order valence-corrected chi connectivity index (χ4v) is 5.02. The van der Waals surface area contributed by atoms with Crippen molar-refractivity contribution < 1.29 is 0 Å². The third-order valence-electron chi connectivity index (χ3n) is 5.81. The molecule has 5 unspecified atom stereocenters. The molecule has 0 aromatic rings. The molecule has 3 aliphatic rings. The minimum absolute atomic E-state index is 1.05. The Morgan fingerprint density at radius 2 is 1.67 bits per heavy atom. The van der Waals surface area contributed by atoms with Gasteiger partial charge in [0.15, 0.2) is 0 Å². The monoisotopic (exact) mass is 204 g/mol. The average Bonchev–Trinajstić information content (AvgIpc) is 2.66. The van der Waals surface area contributed by atoms with Gasteiger partial charge in [0.1, 0.15) is 7.28 Å². The van der Waals surface area contributed by atoms with Gasteiger partial charge in [-0.15, -0.1) is 0 Å². The fraction of sp³-hybridized carbons (Fsp3) is 1.00. The first-order valence-electron chi connectivity index (χ1n) is 7.34. The Labute approximate surface area is 95.5 Å². The highest BCUT2D eigenvalue weighted by atomic mass is 14.4. The topological polar surface area (TPSA) is 0 Å². The van der Waals surface area contributed by atoms with Gasteiger partial charge in [-0.1, -0.05) is 63.5 Å². The lowest BCUT2D eigenvalue weighted by Crippen LogP contribution is -2.34. The van der Waals surface area contributed by atoms with Gasteiger partial charge in [0.2, 0.25) is 0 Å². The predicted octanol–water partition coefficient (Wildman–Crippen LogP) is 4.03. The lowest BCUT2D eigenvalue weighted by atomic mass is 9.40. The molecule has 2 bridgehead atoms. The van der Waals surface area contributed by atoms with Crippen molar-refractivity contribution in [1.82, 2.24) is 0 Å². The van der Waals surface area contributed by atoms with E-state index in [9.17, 15) is 0 Å². The summed E-state index contributed by atoms with van der Waals surface area (Å²) in [7, 11) is 1.61. The highest BCUT2D eigenvalue weighted by molar-refractivity contribution is 6.40. The molecule has 2 saturated heterocycles. The van der Waals surface area contributed by atoms with Crippen LogP contribution in [0.25, 0.3) is 0 Å². The molecular weight excluding hydrogens is 179 g/mol. The summed E-state index contributed by atoms with van der Waals surface area (Å²) in [5.41, 5.74) is 0. The zero-order chi connectivity index (χ0) is 10.3. The van der Waals surface area contributed by atoms with Crippen LogP contribution < -0.4 is 0 Å². The van der Waals surface area contributed by atoms with Crippen molar-refractivity contribution in [3.05, 3.63) is 0 Å². The molecule has 84 valence electrons. The van der Waals surface area contributed by atoms with Gasteiger partial charge in [0.25, 0.3) is 0 Å². The maximum atomic E-state index is 2.52. The van der Waals surface area contributed by atoms with Gasteiger partial charge in [-0.05, 0) is 24.2 Å². The van der Waals surface area contributed by atoms with E-state index in [2.05, 4.69) is 6.92 Å². The van der Waals surface area contributed by atoms with Gasteiger partial charge in [0.05, 0.1) is 0 Å². The zero-order valence-electron chi connectivity index (χ0n) is 10.3. The van der Waals surface area contributed by atoms with Gasteiger partial charge in [-0.3, -0.25) is 0 Å². The van der Waals surface area contributed by atoms with Crippen molar-refractivity contribution in [1.29, 1.82) is 0 Å². The Hall–Kier alpha value is 0.0649. The average molecular weight is 204 g/mol. The van der Waals surface area contributed by atoms with E-state index in [1.165, 1.54) is 12.8 Å². The van der Waals surface area contributed by atoms with Crippen LogP contribution in [0.4, 0.5) is 0 Å². The predicted molar refractivity (Wildman–Crippen MR) is 67.7 cm³/mol. The molecule has 0 amide bonds. The molecule has 0 radical (unpaired) electrons. The van der Waals surface area contributed by atoms with Crippen LogP contribution in [0.2, 0.25) is 11.6 Å². The number of hydrogen-bond donors (Lipinski definition) is 0. The van der Waals surface area contributed by atoms with Crippen molar-refractivity contribution in [3.8, 4) is 0 Å². The largest absolute Gasteiger partial charge is 0.127 e. The van der Waals surface area contributed by atoms with Crippen LogP contribution in [0.15, 0.2) is 0 Å². The Kier molecular flexibility index (Phi) is 2.83. The van der Waals surface area contributed by atoms with Crippen LogP contribution >= 0.6 is 0 Å². The van der Waals surface area contributed by atoms with Crippen molar-refractivity contribution in [2.45, 2.75) is 69.9 Å². The number of rotatable bonds is 1. The van der Waals surface area contributed by atoms with E-state index >= 15 is 0 Å². The maximum Gasteiger partial charge on any atom is 0.127 e. The highest BCUT2D eigenvalue weighted by Gasteiger charge is 2.40. The number of hydrogen-bond acceptors (Lipinski definition) is 0. The molecule has 0 N–H and O–H groups in total. The van der Waals surface area contributed by atoms with Gasteiger partial charge in [-0.25, -0.2) is 0 Å². The Morgan fingerprint density at radius 1 is 0.800 bits per heavy atom.